The van der Waals surface area contributed by atoms with Crippen molar-refractivity contribution in [3.05, 3.63) is 41.4 Å². The van der Waals surface area contributed by atoms with Gasteiger partial charge in [-0.15, -0.1) is 12.4 Å². The van der Waals surface area contributed by atoms with Gasteiger partial charge >= 0.3 is 0 Å². The summed E-state index contributed by atoms with van der Waals surface area (Å²) in [7, 11) is -3.63. The average molecular weight is 433 g/mol. The second-order valence-corrected chi connectivity index (χ2v) is 8.90. The van der Waals surface area contributed by atoms with Gasteiger partial charge in [-0.25, -0.2) is 13.1 Å². The Kier molecular flexibility index (Phi) is 10.6. The van der Waals surface area contributed by atoms with E-state index in [1.54, 1.807) is 30.3 Å². The molecule has 0 saturated carbocycles. The van der Waals surface area contributed by atoms with Crippen molar-refractivity contribution in [2.45, 2.75) is 62.8 Å². The van der Waals surface area contributed by atoms with Crippen LogP contribution in [0, 0.1) is 0 Å². The monoisotopic (exact) mass is 432 g/mol. The molecule has 0 fully saturated rings. The van der Waals surface area contributed by atoms with E-state index in [-0.39, 0.29) is 29.9 Å². The Morgan fingerprint density at radius 1 is 1.00 bits per heavy atom. The summed E-state index contributed by atoms with van der Waals surface area (Å²) >= 11 is 6.17. The van der Waals surface area contributed by atoms with Crippen LogP contribution in [0.4, 0.5) is 0 Å². The molecular formula is C20H30Cl2N2O2S. The minimum atomic E-state index is -3.63. The molecule has 2 rings (SSSR count). The first-order chi connectivity index (χ1) is 12.5. The first-order valence-corrected chi connectivity index (χ1v) is 11.2. The molecule has 27 heavy (non-hydrogen) atoms. The third-order valence-corrected chi connectivity index (χ3v) is 6.39. The number of hydrogen-bond acceptors (Lipinski definition) is 3. The van der Waals surface area contributed by atoms with Gasteiger partial charge in [-0.2, -0.15) is 0 Å². The fourth-order valence-corrected chi connectivity index (χ4v) is 4.61. The Balaban J connectivity index is 0.00000364. The van der Waals surface area contributed by atoms with E-state index in [0.29, 0.717) is 10.4 Å². The van der Waals surface area contributed by atoms with Crippen molar-refractivity contribution in [2.24, 2.45) is 5.73 Å². The van der Waals surface area contributed by atoms with Crippen molar-refractivity contribution in [1.82, 2.24) is 4.72 Å². The van der Waals surface area contributed by atoms with E-state index in [9.17, 15) is 8.42 Å². The van der Waals surface area contributed by atoms with Crippen LogP contribution in [0.3, 0.4) is 0 Å². The molecule has 152 valence electrons. The van der Waals surface area contributed by atoms with Crippen LogP contribution >= 0.6 is 24.0 Å². The summed E-state index contributed by atoms with van der Waals surface area (Å²) in [5.74, 6) is 0. The van der Waals surface area contributed by atoms with Crippen molar-refractivity contribution in [3.63, 3.8) is 0 Å². The molecule has 1 atom stereocenters. The highest BCUT2D eigenvalue weighted by Crippen LogP contribution is 2.28. The lowest BCUT2D eigenvalue weighted by molar-refractivity contribution is 0.520. The van der Waals surface area contributed by atoms with E-state index in [1.807, 2.05) is 6.07 Å². The highest BCUT2D eigenvalue weighted by Gasteiger charge is 2.18. The average Bonchev–Trinajstić information content (AvgIpc) is 2.63. The lowest BCUT2D eigenvalue weighted by Crippen LogP contribution is -2.37. The Labute approximate surface area is 174 Å². The third-order valence-electron chi connectivity index (χ3n) is 4.58. The molecule has 1 unspecified atom stereocenters. The number of unbranched alkanes of at least 4 members (excludes halogenated alkanes) is 5. The fraction of sp³-hybridized carbons (Fsp3) is 0.500. The smallest absolute Gasteiger partial charge is 0.241 e. The lowest BCUT2D eigenvalue weighted by Gasteiger charge is -2.14. The Morgan fingerprint density at radius 3 is 2.37 bits per heavy atom. The van der Waals surface area contributed by atoms with Gasteiger partial charge in [-0.05, 0) is 18.6 Å². The highest BCUT2D eigenvalue weighted by molar-refractivity contribution is 7.89. The van der Waals surface area contributed by atoms with E-state index in [0.717, 1.165) is 24.6 Å². The molecule has 7 heteroatoms. The van der Waals surface area contributed by atoms with Crippen molar-refractivity contribution >= 4 is 44.8 Å². The lowest BCUT2D eigenvalue weighted by atomic mass is 10.1. The van der Waals surface area contributed by atoms with E-state index < -0.39 is 10.0 Å². The molecule has 0 aliphatic carbocycles. The number of benzene rings is 2. The molecule has 0 radical (unpaired) electrons. The molecule has 0 bridgehead atoms. The van der Waals surface area contributed by atoms with E-state index in [1.165, 1.54) is 25.7 Å². The fourth-order valence-electron chi connectivity index (χ4n) is 3.06. The summed E-state index contributed by atoms with van der Waals surface area (Å²) in [6.07, 6.45) is 8.03. The van der Waals surface area contributed by atoms with Crippen LogP contribution in [0.2, 0.25) is 5.02 Å². The molecule has 4 nitrogen and oxygen atoms in total. The molecule has 0 aliphatic rings. The van der Waals surface area contributed by atoms with Crippen LogP contribution in [-0.4, -0.2) is 21.0 Å². The minimum Gasteiger partial charge on any atom is -0.327 e. The molecule has 0 heterocycles. The van der Waals surface area contributed by atoms with Gasteiger partial charge in [0.25, 0.3) is 0 Å². The number of hydrogen-bond donors (Lipinski definition) is 2. The third kappa shape index (κ3) is 7.24. The number of sulfonamides is 1. The minimum absolute atomic E-state index is 0. The SMILES string of the molecule is CCCCCCCCC(N)CNS(=O)(=O)c1cccc2c(Cl)cccc12.Cl. The van der Waals surface area contributed by atoms with Crippen LogP contribution in [0.15, 0.2) is 41.3 Å². The molecule has 0 aromatic heterocycles. The van der Waals surface area contributed by atoms with Crippen molar-refractivity contribution in [2.75, 3.05) is 6.54 Å². The second kappa shape index (κ2) is 11.9. The van der Waals surface area contributed by atoms with E-state index in [2.05, 4.69) is 11.6 Å². The van der Waals surface area contributed by atoms with Gasteiger partial charge in [-0.1, -0.05) is 81.3 Å². The maximum Gasteiger partial charge on any atom is 0.241 e. The first kappa shape index (κ1) is 24.2. The van der Waals surface area contributed by atoms with E-state index >= 15 is 0 Å². The zero-order valence-electron chi connectivity index (χ0n) is 15.8. The van der Waals surface area contributed by atoms with Crippen LogP contribution in [0.5, 0.6) is 0 Å². The van der Waals surface area contributed by atoms with Gasteiger partial charge in [0.1, 0.15) is 0 Å². The Bertz CT molecular complexity index is 813. The van der Waals surface area contributed by atoms with Gasteiger partial charge in [-0.3, -0.25) is 0 Å². The molecule has 0 spiro atoms. The summed E-state index contributed by atoms with van der Waals surface area (Å²) < 4.78 is 28.1. The van der Waals surface area contributed by atoms with Crippen molar-refractivity contribution in [3.8, 4) is 0 Å². The predicted octanol–water partition coefficient (Wildman–Crippen LogP) is 5.27. The summed E-state index contributed by atoms with van der Waals surface area (Å²) in [5.41, 5.74) is 6.09. The van der Waals surface area contributed by atoms with Gasteiger partial charge < -0.3 is 5.73 Å². The van der Waals surface area contributed by atoms with Crippen molar-refractivity contribution in [1.29, 1.82) is 0 Å². The molecule has 2 aromatic rings. The number of rotatable bonds is 11. The molecule has 0 amide bonds. The topological polar surface area (TPSA) is 72.2 Å². The normalized spacial score (nSPS) is 12.7. The summed E-state index contributed by atoms with van der Waals surface area (Å²) in [6, 6.07) is 10.2. The molecule has 3 N–H and O–H groups in total. The van der Waals surface area contributed by atoms with E-state index in [4.69, 9.17) is 17.3 Å². The highest BCUT2D eigenvalue weighted by atomic mass is 35.5. The number of nitrogens with two attached hydrogens (primary N) is 1. The summed E-state index contributed by atoms with van der Waals surface area (Å²) in [6.45, 7) is 2.44. The standard InChI is InChI=1S/C20H29ClN2O2S.ClH/c1-2-3-4-5-6-7-10-16(22)15-23-26(24,25)20-14-9-11-17-18(20)12-8-13-19(17)21;/h8-9,11-14,16,23H,2-7,10,15,22H2,1H3;1H. The van der Waals surface area contributed by atoms with Gasteiger partial charge in [0.2, 0.25) is 10.0 Å². The maximum absolute atomic E-state index is 12.7. The maximum atomic E-state index is 12.7. The van der Waals surface area contributed by atoms with Gasteiger partial charge in [0.05, 0.1) is 4.90 Å². The van der Waals surface area contributed by atoms with Crippen LogP contribution < -0.4 is 10.5 Å². The van der Waals surface area contributed by atoms with Crippen LogP contribution in [0.25, 0.3) is 10.8 Å². The Hall–Kier alpha value is -0.850. The van der Waals surface area contributed by atoms with Gasteiger partial charge in [0, 0.05) is 28.4 Å². The second-order valence-electron chi connectivity index (χ2n) is 6.76. The zero-order valence-corrected chi connectivity index (χ0v) is 18.2. The predicted molar refractivity (Wildman–Crippen MR) is 117 cm³/mol. The zero-order chi connectivity index (χ0) is 19.0. The first-order valence-electron chi connectivity index (χ1n) is 9.38. The Morgan fingerprint density at radius 2 is 1.63 bits per heavy atom. The molecule has 0 aliphatic heterocycles. The molecule has 2 aromatic carbocycles. The van der Waals surface area contributed by atoms with Crippen molar-refractivity contribution < 1.29 is 8.42 Å². The largest absolute Gasteiger partial charge is 0.327 e. The number of halogens is 2. The quantitative estimate of drug-likeness (QED) is 0.474. The van der Waals surface area contributed by atoms with Crippen LogP contribution in [0.1, 0.15) is 51.9 Å². The summed E-state index contributed by atoms with van der Waals surface area (Å²) in [5, 5.41) is 1.89. The molecule has 0 saturated heterocycles. The molecular weight excluding hydrogens is 403 g/mol. The van der Waals surface area contributed by atoms with Gasteiger partial charge in [0.15, 0.2) is 0 Å². The van der Waals surface area contributed by atoms with Crippen LogP contribution in [-0.2, 0) is 10.0 Å². The number of nitrogens with one attached hydrogen (secondary N) is 1. The summed E-state index contributed by atoms with van der Waals surface area (Å²) in [4.78, 5) is 0.240. The number of fused-ring (bicyclic) bond motifs is 1.